The molecule has 0 aliphatic carbocycles. The Labute approximate surface area is 76.4 Å². The van der Waals surface area contributed by atoms with Gasteiger partial charge in [0.15, 0.2) is 0 Å². The van der Waals surface area contributed by atoms with Crippen LogP contribution in [0.2, 0.25) is 0 Å². The summed E-state index contributed by atoms with van der Waals surface area (Å²) >= 11 is 0. The van der Waals surface area contributed by atoms with Crippen LogP contribution in [0.25, 0.3) is 0 Å². The smallest absolute Gasteiger partial charge is 0.126 e. The van der Waals surface area contributed by atoms with Gasteiger partial charge in [-0.1, -0.05) is 19.7 Å². The summed E-state index contributed by atoms with van der Waals surface area (Å²) in [5.41, 5.74) is 0. The molecule has 0 heterocycles. The van der Waals surface area contributed by atoms with Crippen LogP contribution in [0, 0.1) is 0 Å². The van der Waals surface area contributed by atoms with Crippen LogP contribution in [-0.4, -0.2) is 17.3 Å². The molecule has 0 aliphatic rings. The molecule has 0 amide bonds. The van der Waals surface area contributed by atoms with E-state index in [1.165, 1.54) is 0 Å². The molecule has 0 bridgehead atoms. The van der Waals surface area contributed by atoms with Crippen LogP contribution in [-0.2, 0) is 10.9 Å². The van der Waals surface area contributed by atoms with E-state index < -0.39 is 0 Å². The third kappa shape index (κ3) is 7.90. The molecule has 0 atom stereocenters. The normalized spacial score (nSPS) is 8.45. The molecule has 0 saturated heterocycles. The average Bonchev–Trinajstić information content (AvgIpc) is 1.90. The lowest BCUT2D eigenvalue weighted by atomic mass is 10.7. The van der Waals surface area contributed by atoms with Gasteiger partial charge in [0.25, 0.3) is 0 Å². The molecule has 0 aromatic heterocycles. The monoisotopic (exact) mass is 188 g/mol. The van der Waals surface area contributed by atoms with Crippen molar-refractivity contribution < 1.29 is 0 Å². The van der Waals surface area contributed by atoms with Gasteiger partial charge in [-0.25, -0.2) is 0 Å². The number of hydrogen-bond donors (Lipinski definition) is 0. The third-order valence-corrected chi connectivity index (χ3v) is 3.18. The van der Waals surface area contributed by atoms with Gasteiger partial charge >= 0.3 is 0 Å². The fourth-order valence-corrected chi connectivity index (χ4v) is 2.11. The lowest BCUT2D eigenvalue weighted by molar-refractivity contribution is 1.62. The van der Waals surface area contributed by atoms with Crippen LogP contribution in [0.3, 0.4) is 0 Å². The highest BCUT2D eigenvalue weighted by atomic mass is 32.2. The molecule has 2 heteroatoms. The van der Waals surface area contributed by atoms with E-state index in [0.717, 1.165) is 17.3 Å². The van der Waals surface area contributed by atoms with Crippen molar-refractivity contribution in [2.24, 2.45) is 0 Å². The Bertz CT molecular complexity index is 97.0. The summed E-state index contributed by atoms with van der Waals surface area (Å²) in [4.78, 5) is 0. The molecule has 0 saturated carbocycles. The second-order valence-electron chi connectivity index (χ2n) is 1.98. The summed E-state index contributed by atoms with van der Waals surface area (Å²) < 4.78 is 0. The van der Waals surface area contributed by atoms with Gasteiger partial charge in [0.2, 0.25) is 0 Å². The van der Waals surface area contributed by atoms with Gasteiger partial charge in [-0.15, -0.1) is 0 Å². The average molecular weight is 188 g/mol. The largest absolute Gasteiger partial charge is 0.577 e. The summed E-state index contributed by atoms with van der Waals surface area (Å²) in [7, 11) is 0.421. The van der Waals surface area contributed by atoms with Gasteiger partial charge in [0.1, 0.15) is 17.3 Å². The lowest BCUT2D eigenvalue weighted by Crippen LogP contribution is -2.11. The van der Waals surface area contributed by atoms with E-state index in [1.807, 2.05) is 18.2 Å². The predicted octanol–water partition coefficient (Wildman–Crippen LogP) is 2.49. The lowest BCUT2D eigenvalue weighted by Gasteiger charge is -1.98. The minimum absolute atomic E-state index is 0. The predicted molar refractivity (Wildman–Crippen MR) is 62.3 cm³/mol. The molecule has 0 fully saturated rings. The Morgan fingerprint density at radius 3 is 1.27 bits per heavy atom. The van der Waals surface area contributed by atoms with E-state index >= 15 is 0 Å². The number of rotatable bonds is 6. The molecule has 64 valence electrons. The molecule has 0 N–H and O–H groups in total. The van der Waals surface area contributed by atoms with Crippen LogP contribution in [0.4, 0.5) is 0 Å². The highest BCUT2D eigenvalue weighted by Gasteiger charge is 2.09. The van der Waals surface area contributed by atoms with Crippen molar-refractivity contribution in [3.63, 3.8) is 0 Å². The topological polar surface area (TPSA) is 0 Å². The fourth-order valence-electron chi connectivity index (χ4n) is 0.704. The van der Waals surface area contributed by atoms with Crippen molar-refractivity contribution in [1.82, 2.24) is 0 Å². The van der Waals surface area contributed by atoms with Gasteiger partial charge in [-0.05, 0) is 29.1 Å². The quantitative estimate of drug-likeness (QED) is 0.341. The Morgan fingerprint density at radius 2 is 1.09 bits per heavy atom. The van der Waals surface area contributed by atoms with E-state index in [4.69, 9.17) is 0 Å². The van der Waals surface area contributed by atoms with E-state index in [2.05, 4.69) is 19.7 Å². The Kier molecular flexibility index (Phi) is 12.3. The molecule has 11 heavy (non-hydrogen) atoms. The number of hydrogen-bond acceptors (Lipinski definition) is 0. The Balaban J connectivity index is 0. The first-order valence-electron chi connectivity index (χ1n) is 3.32. The highest BCUT2D eigenvalue weighted by molar-refractivity contribution is 7.97. The SMILES string of the molecule is C=CC[S+](CC=C)CC=C.[PH2-]. The fraction of sp³-hybridized carbons (Fsp3) is 0.333. The molecule has 0 spiro atoms. The third-order valence-electron chi connectivity index (χ3n) is 1.06. The van der Waals surface area contributed by atoms with Gasteiger partial charge in [-0.2, -0.15) is 0 Å². The molecule has 0 unspecified atom stereocenters. The van der Waals surface area contributed by atoms with Crippen LogP contribution < -0.4 is 0 Å². The van der Waals surface area contributed by atoms with Crippen molar-refractivity contribution in [2.45, 2.75) is 0 Å². The summed E-state index contributed by atoms with van der Waals surface area (Å²) in [6, 6.07) is 0. The van der Waals surface area contributed by atoms with Crippen molar-refractivity contribution >= 4 is 20.8 Å². The van der Waals surface area contributed by atoms with E-state index in [9.17, 15) is 0 Å². The Morgan fingerprint density at radius 1 is 0.818 bits per heavy atom. The molecular formula is C9H17PS. The first-order valence-corrected chi connectivity index (χ1v) is 5.05. The summed E-state index contributed by atoms with van der Waals surface area (Å²) in [6.07, 6.45) is 5.91. The maximum atomic E-state index is 3.70. The van der Waals surface area contributed by atoms with Crippen molar-refractivity contribution in [1.29, 1.82) is 0 Å². The molecule has 0 rings (SSSR count). The highest BCUT2D eigenvalue weighted by Crippen LogP contribution is 1.97. The van der Waals surface area contributed by atoms with Gasteiger partial charge in [-0.3, -0.25) is 0 Å². The first-order chi connectivity index (χ1) is 4.85. The van der Waals surface area contributed by atoms with Crippen molar-refractivity contribution in [3.8, 4) is 0 Å². The molecular weight excluding hydrogens is 171 g/mol. The van der Waals surface area contributed by atoms with E-state index in [1.54, 1.807) is 0 Å². The maximum Gasteiger partial charge on any atom is 0.126 e. The van der Waals surface area contributed by atoms with Crippen LogP contribution in [0.1, 0.15) is 0 Å². The molecule has 0 aromatic rings. The van der Waals surface area contributed by atoms with Gasteiger partial charge in [0.05, 0.1) is 0 Å². The summed E-state index contributed by atoms with van der Waals surface area (Å²) in [5, 5.41) is 0. The zero-order valence-electron chi connectivity index (χ0n) is 6.96. The minimum Gasteiger partial charge on any atom is -0.577 e. The van der Waals surface area contributed by atoms with Crippen molar-refractivity contribution in [2.75, 3.05) is 17.3 Å². The minimum atomic E-state index is 0. The molecule has 0 aromatic carbocycles. The molecule has 0 aliphatic heterocycles. The van der Waals surface area contributed by atoms with Gasteiger partial charge in [0, 0.05) is 0 Å². The summed E-state index contributed by atoms with van der Waals surface area (Å²) in [6.45, 7) is 11.1. The van der Waals surface area contributed by atoms with Gasteiger partial charge < -0.3 is 9.90 Å². The van der Waals surface area contributed by atoms with Crippen LogP contribution in [0.5, 0.6) is 0 Å². The second-order valence-corrected chi connectivity index (χ2v) is 4.20. The summed E-state index contributed by atoms with van der Waals surface area (Å²) in [5.74, 6) is 3.29. The Hall–Kier alpha value is -0.0000000000000000555. The zero-order chi connectivity index (χ0) is 7.82. The van der Waals surface area contributed by atoms with E-state index in [0.29, 0.717) is 10.9 Å². The van der Waals surface area contributed by atoms with Crippen molar-refractivity contribution in [3.05, 3.63) is 38.0 Å². The molecule has 0 radical (unpaired) electrons. The maximum absolute atomic E-state index is 3.70. The zero-order valence-corrected chi connectivity index (χ0v) is 8.93. The standard InChI is InChI=1S/C9H15S.H2P/c1-4-7-10(8-5-2)9-6-3;/h4-6H,1-3,7-9H2;1H2/q+1;-1. The van der Waals surface area contributed by atoms with E-state index in [-0.39, 0.29) is 9.90 Å². The van der Waals surface area contributed by atoms with Crippen LogP contribution in [0.15, 0.2) is 38.0 Å². The molecule has 0 nitrogen and oxygen atoms in total. The van der Waals surface area contributed by atoms with Crippen LogP contribution >= 0.6 is 9.90 Å². The second kappa shape index (κ2) is 10.0. The first kappa shape index (κ1) is 13.6.